The van der Waals surface area contributed by atoms with Crippen LogP contribution in [-0.4, -0.2) is 53.4 Å². The lowest BCUT2D eigenvalue weighted by Gasteiger charge is -2.17. The average Bonchev–Trinajstić information content (AvgIpc) is 3.20. The van der Waals surface area contributed by atoms with Crippen molar-refractivity contribution >= 4 is 32.6 Å². The average molecular weight is 417 g/mol. The molecule has 12 heteroatoms. The first-order chi connectivity index (χ1) is 13.8. The van der Waals surface area contributed by atoms with Gasteiger partial charge in [-0.2, -0.15) is 9.94 Å². The molecule has 1 unspecified atom stereocenters. The van der Waals surface area contributed by atoms with E-state index < -0.39 is 34.3 Å². The van der Waals surface area contributed by atoms with Crippen LogP contribution in [0.2, 0.25) is 0 Å². The van der Waals surface area contributed by atoms with Crippen molar-refractivity contribution in [3.05, 3.63) is 48.3 Å². The normalized spacial score (nSPS) is 12.6. The number of carbonyl (C=O) groups is 2. The van der Waals surface area contributed by atoms with Crippen LogP contribution in [0.4, 0.5) is 0 Å². The standard InChI is InChI=1S/C17H19N7O4S/c18-15(25)10-14(17(26)19-8-7-16-20-23-24-21-16)22-29(27,28)13-6-5-11-3-1-2-4-12(11)9-13/h1-6,9,14,22H,7-8,10H2,(H2,18,25)(H,19,26)(H,20,21,23,24). The van der Waals surface area contributed by atoms with Crippen molar-refractivity contribution < 1.29 is 18.0 Å². The molecule has 0 bridgehead atoms. The highest BCUT2D eigenvalue weighted by molar-refractivity contribution is 7.89. The number of sulfonamides is 1. The summed E-state index contributed by atoms with van der Waals surface area (Å²) in [5.41, 5.74) is 5.18. The topological polar surface area (TPSA) is 173 Å². The van der Waals surface area contributed by atoms with E-state index >= 15 is 0 Å². The van der Waals surface area contributed by atoms with Gasteiger partial charge in [-0.3, -0.25) is 9.59 Å². The molecule has 152 valence electrons. The zero-order valence-corrected chi connectivity index (χ0v) is 16.0. The Morgan fingerprint density at radius 2 is 1.90 bits per heavy atom. The molecule has 11 nitrogen and oxygen atoms in total. The molecule has 2 amide bonds. The Bertz CT molecular complexity index is 1120. The summed E-state index contributed by atoms with van der Waals surface area (Å²) >= 11 is 0. The van der Waals surface area contributed by atoms with Gasteiger partial charge >= 0.3 is 0 Å². The summed E-state index contributed by atoms with van der Waals surface area (Å²) in [7, 11) is -4.07. The van der Waals surface area contributed by atoms with Crippen LogP contribution in [0, 0.1) is 0 Å². The molecule has 0 aliphatic heterocycles. The van der Waals surface area contributed by atoms with Crippen molar-refractivity contribution in [2.45, 2.75) is 23.8 Å². The fourth-order valence-electron chi connectivity index (χ4n) is 2.69. The first-order valence-electron chi connectivity index (χ1n) is 8.64. The summed E-state index contributed by atoms with van der Waals surface area (Å²) in [6.45, 7) is 0.130. The molecule has 1 heterocycles. The highest BCUT2D eigenvalue weighted by atomic mass is 32.2. The van der Waals surface area contributed by atoms with Gasteiger partial charge in [-0.15, -0.1) is 10.2 Å². The van der Waals surface area contributed by atoms with Gasteiger partial charge in [0.15, 0.2) is 5.82 Å². The van der Waals surface area contributed by atoms with Gasteiger partial charge in [0, 0.05) is 13.0 Å². The quantitative estimate of drug-likeness (QED) is 0.354. The number of hydrogen-bond donors (Lipinski definition) is 4. The maximum Gasteiger partial charge on any atom is 0.241 e. The van der Waals surface area contributed by atoms with Crippen LogP contribution in [0.25, 0.3) is 10.8 Å². The monoisotopic (exact) mass is 417 g/mol. The van der Waals surface area contributed by atoms with Crippen LogP contribution < -0.4 is 15.8 Å². The van der Waals surface area contributed by atoms with Gasteiger partial charge in [-0.1, -0.05) is 35.5 Å². The number of nitrogens with zero attached hydrogens (tertiary/aromatic N) is 3. The number of benzene rings is 2. The van der Waals surface area contributed by atoms with Gasteiger partial charge in [-0.05, 0) is 22.9 Å². The summed E-state index contributed by atoms with van der Waals surface area (Å²) in [6.07, 6.45) is -0.205. The molecule has 0 saturated carbocycles. The minimum Gasteiger partial charge on any atom is -0.370 e. The van der Waals surface area contributed by atoms with Crippen molar-refractivity contribution in [3.8, 4) is 0 Å². The summed E-state index contributed by atoms with van der Waals surface area (Å²) in [6, 6.07) is 10.5. The van der Waals surface area contributed by atoms with Gasteiger partial charge in [0.2, 0.25) is 21.8 Å². The molecule has 0 saturated heterocycles. The molecule has 29 heavy (non-hydrogen) atoms. The Hall–Kier alpha value is -3.38. The smallest absolute Gasteiger partial charge is 0.241 e. The summed E-state index contributed by atoms with van der Waals surface area (Å²) in [4.78, 5) is 23.7. The molecule has 5 N–H and O–H groups in total. The zero-order chi connectivity index (χ0) is 20.9. The Kier molecular flexibility index (Phi) is 6.14. The van der Waals surface area contributed by atoms with Crippen LogP contribution >= 0.6 is 0 Å². The van der Waals surface area contributed by atoms with E-state index in [1.54, 1.807) is 18.2 Å². The van der Waals surface area contributed by atoms with E-state index in [2.05, 4.69) is 30.7 Å². The van der Waals surface area contributed by atoms with E-state index in [0.717, 1.165) is 10.8 Å². The highest BCUT2D eigenvalue weighted by Crippen LogP contribution is 2.19. The van der Waals surface area contributed by atoms with Gasteiger partial charge in [0.25, 0.3) is 0 Å². The van der Waals surface area contributed by atoms with Crippen LogP contribution in [-0.2, 0) is 26.0 Å². The Morgan fingerprint density at radius 1 is 1.14 bits per heavy atom. The summed E-state index contributed by atoms with van der Waals surface area (Å²) < 4.78 is 27.8. The number of carbonyl (C=O) groups excluding carboxylic acids is 2. The minimum atomic E-state index is -4.07. The summed E-state index contributed by atoms with van der Waals surface area (Å²) in [5, 5.41) is 17.3. The molecule has 0 radical (unpaired) electrons. The predicted octanol–water partition coefficient (Wildman–Crippen LogP) is -0.766. The number of hydrogen-bond acceptors (Lipinski definition) is 7. The van der Waals surface area contributed by atoms with Crippen molar-refractivity contribution in [3.63, 3.8) is 0 Å². The number of rotatable bonds is 9. The fraction of sp³-hybridized carbons (Fsp3) is 0.235. The van der Waals surface area contributed by atoms with E-state index in [9.17, 15) is 18.0 Å². The number of aromatic amines is 1. The van der Waals surface area contributed by atoms with Crippen molar-refractivity contribution in [2.75, 3.05) is 6.54 Å². The fourth-order valence-corrected chi connectivity index (χ4v) is 3.92. The van der Waals surface area contributed by atoms with E-state index in [1.165, 1.54) is 12.1 Å². The maximum atomic E-state index is 12.8. The molecule has 3 rings (SSSR count). The second-order valence-electron chi connectivity index (χ2n) is 6.22. The molecule has 1 aromatic heterocycles. The first kappa shape index (κ1) is 20.4. The number of aromatic nitrogens is 4. The number of nitrogens with one attached hydrogen (secondary N) is 3. The van der Waals surface area contributed by atoms with Gasteiger partial charge in [-0.25, -0.2) is 8.42 Å². The number of tetrazole rings is 1. The molecule has 0 spiro atoms. The van der Waals surface area contributed by atoms with E-state index in [1.807, 2.05) is 12.1 Å². The molecular formula is C17H19N7O4S. The van der Waals surface area contributed by atoms with E-state index in [4.69, 9.17) is 5.73 Å². The zero-order valence-electron chi connectivity index (χ0n) is 15.2. The number of nitrogens with two attached hydrogens (primary N) is 1. The largest absolute Gasteiger partial charge is 0.370 e. The third-order valence-corrected chi connectivity index (χ3v) is 5.56. The lowest BCUT2D eigenvalue weighted by Crippen LogP contribution is -2.48. The lowest BCUT2D eigenvalue weighted by molar-refractivity contribution is -0.126. The Balaban J connectivity index is 1.73. The molecule has 0 aliphatic rings. The second-order valence-corrected chi connectivity index (χ2v) is 7.94. The Labute approximate surface area is 166 Å². The molecule has 0 aliphatic carbocycles. The van der Waals surface area contributed by atoms with Crippen molar-refractivity contribution in [1.29, 1.82) is 0 Å². The van der Waals surface area contributed by atoms with E-state index in [-0.39, 0.29) is 17.9 Å². The maximum absolute atomic E-state index is 12.8. The lowest BCUT2D eigenvalue weighted by atomic mass is 10.1. The third-order valence-electron chi connectivity index (χ3n) is 4.09. The molecule has 3 aromatic rings. The van der Waals surface area contributed by atoms with Crippen LogP contribution in [0.5, 0.6) is 0 Å². The SMILES string of the molecule is NC(=O)CC(NS(=O)(=O)c1ccc2ccccc2c1)C(=O)NCCc1nn[nH]n1. The van der Waals surface area contributed by atoms with Crippen molar-refractivity contribution in [1.82, 2.24) is 30.7 Å². The first-order valence-corrected chi connectivity index (χ1v) is 10.1. The molecule has 1 atom stereocenters. The van der Waals surface area contributed by atoms with Crippen LogP contribution in [0.3, 0.4) is 0 Å². The predicted molar refractivity (Wildman–Crippen MR) is 103 cm³/mol. The third kappa shape index (κ3) is 5.33. The Morgan fingerprint density at radius 3 is 2.59 bits per heavy atom. The number of primary amides is 1. The van der Waals surface area contributed by atoms with Crippen molar-refractivity contribution in [2.24, 2.45) is 5.73 Å². The molecular weight excluding hydrogens is 398 g/mol. The van der Waals surface area contributed by atoms with Gasteiger partial charge in [0.1, 0.15) is 6.04 Å². The van der Waals surface area contributed by atoms with Gasteiger partial charge in [0.05, 0.1) is 11.3 Å². The minimum absolute atomic E-state index is 0.0229. The number of amides is 2. The van der Waals surface area contributed by atoms with E-state index in [0.29, 0.717) is 5.82 Å². The second kappa shape index (κ2) is 8.75. The van der Waals surface area contributed by atoms with Crippen LogP contribution in [0.15, 0.2) is 47.4 Å². The summed E-state index contributed by atoms with van der Waals surface area (Å²) in [5.74, 6) is -1.12. The highest BCUT2D eigenvalue weighted by Gasteiger charge is 2.27. The molecule has 0 fully saturated rings. The number of H-pyrrole nitrogens is 1. The molecule has 2 aromatic carbocycles. The number of fused-ring (bicyclic) bond motifs is 1. The van der Waals surface area contributed by atoms with Crippen LogP contribution in [0.1, 0.15) is 12.2 Å². The van der Waals surface area contributed by atoms with Gasteiger partial charge < -0.3 is 11.1 Å².